The van der Waals surface area contributed by atoms with Crippen LogP contribution in [0, 0.1) is 0 Å². The second kappa shape index (κ2) is 5.80. The Kier molecular flexibility index (Phi) is 4.38. The molecule has 1 heterocycles. The summed E-state index contributed by atoms with van der Waals surface area (Å²) in [4.78, 5) is 0. The summed E-state index contributed by atoms with van der Waals surface area (Å²) in [6.07, 6.45) is 4.01. The Hall–Kier alpha value is -0.380. The molecule has 1 atom stereocenters. The average molecular weight is 283 g/mol. The standard InChI is InChI=1S/C13H19BrN2/c1-11(12-6-5-7-13(14)10-12)15-16-8-3-2-4-9-16/h5-7,10-11,15H,2-4,8-9H2,1H3. The minimum Gasteiger partial charge on any atom is -0.248 e. The van der Waals surface area contributed by atoms with E-state index in [1.54, 1.807) is 0 Å². The SMILES string of the molecule is CC(NN1CCCCC1)c1cccc(Br)c1. The molecule has 0 amide bonds. The van der Waals surface area contributed by atoms with E-state index in [4.69, 9.17) is 0 Å². The van der Waals surface area contributed by atoms with Gasteiger partial charge in [0.05, 0.1) is 0 Å². The van der Waals surface area contributed by atoms with Gasteiger partial charge in [0, 0.05) is 23.6 Å². The molecular weight excluding hydrogens is 264 g/mol. The van der Waals surface area contributed by atoms with Gasteiger partial charge in [-0.25, -0.2) is 10.4 Å². The molecule has 0 radical (unpaired) electrons. The van der Waals surface area contributed by atoms with Crippen molar-refractivity contribution in [1.29, 1.82) is 0 Å². The van der Waals surface area contributed by atoms with Crippen molar-refractivity contribution >= 4 is 15.9 Å². The van der Waals surface area contributed by atoms with Crippen LogP contribution in [0.1, 0.15) is 37.8 Å². The molecule has 0 aromatic heterocycles. The first-order chi connectivity index (χ1) is 7.75. The monoisotopic (exact) mass is 282 g/mol. The van der Waals surface area contributed by atoms with Gasteiger partial charge in [0.2, 0.25) is 0 Å². The van der Waals surface area contributed by atoms with Crippen LogP contribution < -0.4 is 5.43 Å². The van der Waals surface area contributed by atoms with Crippen LogP contribution >= 0.6 is 15.9 Å². The van der Waals surface area contributed by atoms with Gasteiger partial charge in [0.1, 0.15) is 0 Å². The van der Waals surface area contributed by atoms with Crippen molar-refractivity contribution in [1.82, 2.24) is 10.4 Å². The number of hydrogen-bond acceptors (Lipinski definition) is 2. The Labute approximate surface area is 106 Å². The Morgan fingerprint density at radius 3 is 2.69 bits per heavy atom. The van der Waals surface area contributed by atoms with Crippen molar-refractivity contribution in [3.8, 4) is 0 Å². The van der Waals surface area contributed by atoms with E-state index in [0.29, 0.717) is 6.04 Å². The van der Waals surface area contributed by atoms with Gasteiger partial charge in [-0.2, -0.15) is 0 Å². The fourth-order valence-electron chi connectivity index (χ4n) is 2.15. The Morgan fingerprint density at radius 2 is 2.00 bits per heavy atom. The molecule has 1 aromatic rings. The van der Waals surface area contributed by atoms with E-state index in [2.05, 4.69) is 57.6 Å². The number of hydrazine groups is 1. The highest BCUT2D eigenvalue weighted by atomic mass is 79.9. The number of hydrogen-bond donors (Lipinski definition) is 1. The molecule has 0 bridgehead atoms. The normalized spacial score (nSPS) is 19.6. The van der Waals surface area contributed by atoms with E-state index >= 15 is 0 Å². The lowest BCUT2D eigenvalue weighted by Gasteiger charge is -2.30. The number of nitrogens with one attached hydrogen (secondary N) is 1. The maximum Gasteiger partial charge on any atom is 0.0436 e. The average Bonchev–Trinajstić information content (AvgIpc) is 2.30. The summed E-state index contributed by atoms with van der Waals surface area (Å²) in [6, 6.07) is 8.90. The van der Waals surface area contributed by atoms with Crippen LogP contribution in [0.5, 0.6) is 0 Å². The van der Waals surface area contributed by atoms with Gasteiger partial charge >= 0.3 is 0 Å². The van der Waals surface area contributed by atoms with Crippen molar-refractivity contribution in [3.05, 3.63) is 34.3 Å². The first-order valence-electron chi connectivity index (χ1n) is 6.02. The largest absolute Gasteiger partial charge is 0.248 e. The third-order valence-electron chi connectivity index (χ3n) is 3.08. The third kappa shape index (κ3) is 3.30. The Bertz CT molecular complexity index is 334. The smallest absolute Gasteiger partial charge is 0.0436 e. The van der Waals surface area contributed by atoms with Crippen molar-refractivity contribution in [3.63, 3.8) is 0 Å². The van der Waals surface area contributed by atoms with Gasteiger partial charge in [-0.3, -0.25) is 0 Å². The molecule has 0 aliphatic carbocycles. The quantitative estimate of drug-likeness (QED) is 0.913. The van der Waals surface area contributed by atoms with Crippen molar-refractivity contribution in [2.75, 3.05) is 13.1 Å². The van der Waals surface area contributed by atoms with Crippen LogP contribution in [0.15, 0.2) is 28.7 Å². The molecule has 2 rings (SSSR count). The fourth-order valence-corrected chi connectivity index (χ4v) is 2.56. The number of piperidine rings is 1. The molecule has 1 aliphatic rings. The van der Waals surface area contributed by atoms with Crippen molar-refractivity contribution < 1.29 is 0 Å². The highest BCUT2D eigenvalue weighted by Gasteiger charge is 2.13. The molecule has 16 heavy (non-hydrogen) atoms. The lowest BCUT2D eigenvalue weighted by atomic mass is 10.1. The van der Waals surface area contributed by atoms with Gasteiger partial charge in [0.25, 0.3) is 0 Å². The van der Waals surface area contributed by atoms with Crippen LogP contribution in [0.25, 0.3) is 0 Å². The van der Waals surface area contributed by atoms with Crippen LogP contribution in [0.2, 0.25) is 0 Å². The first-order valence-corrected chi connectivity index (χ1v) is 6.81. The van der Waals surface area contributed by atoms with Crippen LogP contribution in [0.3, 0.4) is 0 Å². The second-order valence-corrected chi connectivity index (χ2v) is 5.37. The summed E-state index contributed by atoms with van der Waals surface area (Å²) in [5, 5.41) is 2.36. The van der Waals surface area contributed by atoms with Gasteiger partial charge in [-0.15, -0.1) is 0 Å². The molecule has 2 nitrogen and oxygen atoms in total. The van der Waals surface area contributed by atoms with Gasteiger partial charge in [-0.05, 0) is 37.5 Å². The zero-order valence-electron chi connectivity index (χ0n) is 9.75. The second-order valence-electron chi connectivity index (χ2n) is 4.45. The topological polar surface area (TPSA) is 15.3 Å². The maximum atomic E-state index is 3.57. The van der Waals surface area contributed by atoms with Crippen LogP contribution in [-0.2, 0) is 0 Å². The molecule has 1 aliphatic heterocycles. The first kappa shape index (κ1) is 12.1. The number of nitrogens with zero attached hydrogens (tertiary/aromatic N) is 1. The Morgan fingerprint density at radius 1 is 1.25 bits per heavy atom. The third-order valence-corrected chi connectivity index (χ3v) is 3.57. The zero-order chi connectivity index (χ0) is 11.4. The maximum absolute atomic E-state index is 3.57. The number of benzene rings is 1. The van der Waals surface area contributed by atoms with Crippen molar-refractivity contribution in [2.45, 2.75) is 32.2 Å². The Balaban J connectivity index is 1.94. The molecule has 1 aromatic carbocycles. The van der Waals surface area contributed by atoms with E-state index in [1.807, 2.05) is 0 Å². The van der Waals surface area contributed by atoms with Crippen LogP contribution in [-0.4, -0.2) is 18.1 Å². The van der Waals surface area contributed by atoms with Gasteiger partial charge in [-0.1, -0.05) is 34.5 Å². The summed E-state index contributed by atoms with van der Waals surface area (Å²) < 4.78 is 1.15. The lowest BCUT2D eigenvalue weighted by Crippen LogP contribution is -2.42. The van der Waals surface area contributed by atoms with E-state index in [0.717, 1.165) is 4.47 Å². The molecule has 3 heteroatoms. The predicted octanol–water partition coefficient (Wildman–Crippen LogP) is 3.50. The lowest BCUT2D eigenvalue weighted by molar-refractivity contribution is 0.133. The van der Waals surface area contributed by atoms with E-state index in [9.17, 15) is 0 Å². The molecular formula is C13H19BrN2. The van der Waals surface area contributed by atoms with Gasteiger partial charge < -0.3 is 0 Å². The van der Waals surface area contributed by atoms with Gasteiger partial charge in [0.15, 0.2) is 0 Å². The molecule has 88 valence electrons. The minimum absolute atomic E-state index is 0.385. The number of rotatable bonds is 3. The number of halogens is 1. The summed E-state index contributed by atoms with van der Waals surface area (Å²) in [7, 11) is 0. The van der Waals surface area contributed by atoms with E-state index in [1.165, 1.54) is 37.9 Å². The fraction of sp³-hybridized carbons (Fsp3) is 0.538. The molecule has 1 unspecified atom stereocenters. The predicted molar refractivity (Wildman–Crippen MR) is 71.1 cm³/mol. The summed E-state index contributed by atoms with van der Waals surface area (Å²) >= 11 is 3.51. The minimum atomic E-state index is 0.385. The zero-order valence-corrected chi connectivity index (χ0v) is 11.3. The molecule has 1 N–H and O–H groups in total. The van der Waals surface area contributed by atoms with E-state index in [-0.39, 0.29) is 0 Å². The van der Waals surface area contributed by atoms with Crippen molar-refractivity contribution in [2.24, 2.45) is 0 Å². The summed E-state index contributed by atoms with van der Waals surface area (Å²) in [5.41, 5.74) is 4.91. The molecule has 1 fully saturated rings. The van der Waals surface area contributed by atoms with E-state index < -0.39 is 0 Å². The molecule has 0 saturated carbocycles. The summed E-state index contributed by atoms with van der Waals surface area (Å²) in [6.45, 7) is 4.58. The molecule has 1 saturated heterocycles. The summed E-state index contributed by atoms with van der Waals surface area (Å²) in [5.74, 6) is 0. The molecule has 0 spiro atoms. The van der Waals surface area contributed by atoms with Crippen LogP contribution in [0.4, 0.5) is 0 Å². The highest BCUT2D eigenvalue weighted by Crippen LogP contribution is 2.19. The highest BCUT2D eigenvalue weighted by molar-refractivity contribution is 9.10.